The Morgan fingerprint density at radius 3 is 2.53 bits per heavy atom. The van der Waals surface area contributed by atoms with E-state index in [1.165, 1.54) is 48.8 Å². The fourth-order valence-electron chi connectivity index (χ4n) is 5.51. The minimum absolute atomic E-state index is 0.0455. The highest BCUT2D eigenvalue weighted by atomic mass is 16.1. The van der Waals surface area contributed by atoms with Gasteiger partial charge >= 0.3 is 0 Å². The van der Waals surface area contributed by atoms with Gasteiger partial charge in [-0.05, 0) is 55.6 Å². The number of hydrogen-bond donors (Lipinski definition) is 1. The number of benzene rings is 2. The van der Waals surface area contributed by atoms with Crippen molar-refractivity contribution >= 4 is 11.7 Å². The fourth-order valence-corrected chi connectivity index (χ4v) is 5.51. The second-order valence-electron chi connectivity index (χ2n) is 9.92. The predicted molar refractivity (Wildman–Crippen MR) is 138 cm³/mol. The van der Waals surface area contributed by atoms with Gasteiger partial charge in [-0.1, -0.05) is 86.7 Å². The van der Waals surface area contributed by atoms with Crippen LogP contribution in [0.2, 0.25) is 0 Å². The quantitative estimate of drug-likeness (QED) is 0.432. The lowest BCUT2D eigenvalue weighted by atomic mass is 9.86. The summed E-state index contributed by atoms with van der Waals surface area (Å²) in [5, 5.41) is 3.17. The molecule has 34 heavy (non-hydrogen) atoms. The van der Waals surface area contributed by atoms with Gasteiger partial charge in [0.05, 0.1) is 17.1 Å². The lowest BCUT2D eigenvalue weighted by molar-refractivity contribution is -0.116. The number of amides is 1. The molecule has 0 radical (unpaired) electrons. The van der Waals surface area contributed by atoms with Crippen LogP contribution in [-0.2, 0) is 30.5 Å². The van der Waals surface area contributed by atoms with Gasteiger partial charge in [0, 0.05) is 12.0 Å². The van der Waals surface area contributed by atoms with E-state index in [1.54, 1.807) is 0 Å². The van der Waals surface area contributed by atoms with Crippen molar-refractivity contribution in [1.82, 2.24) is 9.97 Å². The number of aromatic nitrogens is 2. The van der Waals surface area contributed by atoms with E-state index in [0.717, 1.165) is 55.6 Å². The Hall–Kier alpha value is -3.01. The van der Waals surface area contributed by atoms with Crippen molar-refractivity contribution in [2.75, 3.05) is 5.32 Å². The van der Waals surface area contributed by atoms with Gasteiger partial charge in [-0.25, -0.2) is 9.97 Å². The molecule has 2 aliphatic rings. The number of fused-ring (bicyclic) bond motifs is 3. The molecular formula is C30H35N3O. The molecule has 4 nitrogen and oxygen atoms in total. The normalized spacial score (nSPS) is 15.8. The summed E-state index contributed by atoms with van der Waals surface area (Å²) in [5.41, 5.74) is 6.87. The molecule has 5 rings (SSSR count). The highest BCUT2D eigenvalue weighted by Crippen LogP contribution is 2.34. The molecule has 1 aromatic heterocycles. The zero-order valence-corrected chi connectivity index (χ0v) is 20.1. The van der Waals surface area contributed by atoms with E-state index in [4.69, 9.17) is 9.97 Å². The van der Waals surface area contributed by atoms with E-state index >= 15 is 0 Å². The Balaban J connectivity index is 1.37. The maximum absolute atomic E-state index is 12.9. The Morgan fingerprint density at radius 2 is 1.68 bits per heavy atom. The van der Waals surface area contributed by atoms with Gasteiger partial charge in [0.25, 0.3) is 0 Å². The molecule has 1 N–H and O–H groups in total. The zero-order chi connectivity index (χ0) is 23.2. The number of carbonyl (C=O) groups excluding carboxylic acids is 1. The first-order chi connectivity index (χ1) is 16.8. The molecule has 1 amide bonds. The first-order valence-electron chi connectivity index (χ1n) is 13.1. The molecule has 0 unspecified atom stereocenters. The van der Waals surface area contributed by atoms with Crippen LogP contribution in [0.4, 0.5) is 5.82 Å². The third kappa shape index (κ3) is 5.55. The van der Waals surface area contributed by atoms with Gasteiger partial charge in [0.15, 0.2) is 5.82 Å². The highest BCUT2D eigenvalue weighted by Gasteiger charge is 2.23. The first-order valence-corrected chi connectivity index (χ1v) is 13.1. The number of carbonyl (C=O) groups is 1. The number of anilines is 1. The molecule has 2 aromatic carbocycles. The Kier molecular flexibility index (Phi) is 7.33. The summed E-state index contributed by atoms with van der Waals surface area (Å²) in [6.45, 7) is 0. The Morgan fingerprint density at radius 1 is 0.882 bits per heavy atom. The molecular weight excluding hydrogens is 418 g/mol. The second-order valence-corrected chi connectivity index (χ2v) is 9.92. The minimum Gasteiger partial charge on any atom is -0.309 e. The van der Waals surface area contributed by atoms with Gasteiger partial charge in [-0.15, -0.1) is 0 Å². The van der Waals surface area contributed by atoms with Crippen molar-refractivity contribution in [2.45, 2.75) is 77.0 Å². The summed E-state index contributed by atoms with van der Waals surface area (Å²) in [7, 11) is 0. The molecule has 1 heterocycles. The van der Waals surface area contributed by atoms with Crippen molar-refractivity contribution < 1.29 is 4.79 Å². The van der Waals surface area contributed by atoms with Crippen molar-refractivity contribution in [1.29, 1.82) is 0 Å². The van der Waals surface area contributed by atoms with Crippen molar-refractivity contribution in [2.24, 2.45) is 5.92 Å². The summed E-state index contributed by atoms with van der Waals surface area (Å²) in [5.74, 6) is 1.38. The summed E-state index contributed by atoms with van der Waals surface area (Å²) in [6.07, 6.45) is 12.6. The first kappa shape index (κ1) is 22.8. The maximum Gasteiger partial charge on any atom is 0.225 e. The maximum atomic E-state index is 12.9. The molecule has 2 aliphatic carbocycles. The minimum atomic E-state index is 0.0455. The SMILES string of the molecule is O=C(CCCc1ccccc1)Nc1nc2c(nc1CC1CCCCC1)-c1ccccc1CCC2. The van der Waals surface area contributed by atoms with Gasteiger partial charge < -0.3 is 5.32 Å². The van der Waals surface area contributed by atoms with E-state index < -0.39 is 0 Å². The van der Waals surface area contributed by atoms with Crippen molar-refractivity contribution in [3.63, 3.8) is 0 Å². The van der Waals surface area contributed by atoms with Crippen LogP contribution in [0.25, 0.3) is 11.3 Å². The van der Waals surface area contributed by atoms with E-state index in [1.807, 2.05) is 6.07 Å². The van der Waals surface area contributed by atoms with Crippen LogP contribution in [0.1, 0.15) is 73.9 Å². The van der Waals surface area contributed by atoms with Crippen LogP contribution < -0.4 is 5.32 Å². The van der Waals surface area contributed by atoms with E-state index in [-0.39, 0.29) is 5.91 Å². The molecule has 3 aromatic rings. The van der Waals surface area contributed by atoms with Crippen molar-refractivity contribution in [3.8, 4) is 11.3 Å². The number of nitrogens with one attached hydrogen (secondary N) is 1. The standard InChI is InChI=1S/C30H35N3O/c34-28(20-9-15-22-11-3-1-4-12-22)33-30-27(21-23-13-5-2-6-14-23)31-29-25-18-8-7-16-24(25)17-10-19-26(29)32-30/h1,3-4,7-8,11-12,16,18,23H,2,5-6,9-10,13-15,17,19-21H2,(H,32,33,34). The van der Waals surface area contributed by atoms with Gasteiger partial charge in [0.2, 0.25) is 5.91 Å². The average molecular weight is 454 g/mol. The van der Waals surface area contributed by atoms with Crippen LogP contribution in [0.5, 0.6) is 0 Å². The molecule has 1 fully saturated rings. The number of rotatable bonds is 7. The molecule has 0 atom stereocenters. The summed E-state index contributed by atoms with van der Waals surface area (Å²) >= 11 is 0. The molecule has 0 saturated heterocycles. The lowest BCUT2D eigenvalue weighted by Gasteiger charge is -2.23. The molecule has 4 heteroatoms. The summed E-state index contributed by atoms with van der Waals surface area (Å²) in [4.78, 5) is 23.2. The highest BCUT2D eigenvalue weighted by molar-refractivity contribution is 5.90. The van der Waals surface area contributed by atoms with Gasteiger partial charge in [0.1, 0.15) is 0 Å². The Labute approximate surface area is 203 Å². The second kappa shape index (κ2) is 10.9. The van der Waals surface area contributed by atoms with Crippen LogP contribution in [0, 0.1) is 5.92 Å². The van der Waals surface area contributed by atoms with E-state index in [0.29, 0.717) is 18.2 Å². The molecule has 176 valence electrons. The van der Waals surface area contributed by atoms with Crippen molar-refractivity contribution in [3.05, 3.63) is 77.1 Å². The smallest absolute Gasteiger partial charge is 0.225 e. The lowest BCUT2D eigenvalue weighted by Crippen LogP contribution is -2.19. The number of hydrogen-bond acceptors (Lipinski definition) is 3. The fraction of sp³-hybridized carbons (Fsp3) is 0.433. The van der Waals surface area contributed by atoms with Gasteiger partial charge in [-0.3, -0.25) is 4.79 Å². The van der Waals surface area contributed by atoms with Crippen LogP contribution in [-0.4, -0.2) is 15.9 Å². The van der Waals surface area contributed by atoms with Crippen LogP contribution >= 0.6 is 0 Å². The van der Waals surface area contributed by atoms with E-state index in [9.17, 15) is 4.79 Å². The monoisotopic (exact) mass is 453 g/mol. The summed E-state index contributed by atoms with van der Waals surface area (Å²) in [6, 6.07) is 19.0. The summed E-state index contributed by atoms with van der Waals surface area (Å²) < 4.78 is 0. The molecule has 0 spiro atoms. The Bertz CT molecular complexity index is 1120. The van der Waals surface area contributed by atoms with Gasteiger partial charge in [-0.2, -0.15) is 0 Å². The zero-order valence-electron chi connectivity index (χ0n) is 20.1. The predicted octanol–water partition coefficient (Wildman–Crippen LogP) is 6.72. The molecule has 0 bridgehead atoms. The molecule has 0 aliphatic heterocycles. The van der Waals surface area contributed by atoms with Crippen LogP contribution in [0.15, 0.2) is 54.6 Å². The van der Waals surface area contributed by atoms with Crippen LogP contribution in [0.3, 0.4) is 0 Å². The number of aryl methyl sites for hydroxylation is 3. The largest absolute Gasteiger partial charge is 0.309 e. The third-order valence-corrected chi connectivity index (χ3v) is 7.35. The average Bonchev–Trinajstić information content (AvgIpc) is 3.04. The van der Waals surface area contributed by atoms with E-state index in [2.05, 4.69) is 53.8 Å². The number of nitrogens with zero attached hydrogens (tertiary/aromatic N) is 2. The topological polar surface area (TPSA) is 54.9 Å². The third-order valence-electron chi connectivity index (χ3n) is 7.35. The molecule has 1 saturated carbocycles.